The highest BCUT2D eigenvalue weighted by atomic mass is 19.1. The first kappa shape index (κ1) is 14.6. The Morgan fingerprint density at radius 2 is 1.10 bits per heavy atom. The lowest BCUT2D eigenvalue weighted by Crippen LogP contribution is -2.01. The van der Waals surface area contributed by atoms with Crippen molar-refractivity contribution in [1.82, 2.24) is 0 Å². The summed E-state index contributed by atoms with van der Waals surface area (Å²) in [6.07, 6.45) is 0. The minimum atomic E-state index is -0.462. The fourth-order valence-corrected chi connectivity index (χ4v) is 2.42. The Kier molecular flexibility index (Phi) is 4.16. The molecule has 20 heavy (non-hydrogen) atoms. The molecular weight excluding hydrogens is 262 g/mol. The molecule has 4 heteroatoms. The highest BCUT2D eigenvalue weighted by Crippen LogP contribution is 2.32. The van der Waals surface area contributed by atoms with Crippen LogP contribution in [0.1, 0.15) is 22.3 Å². The van der Waals surface area contributed by atoms with Crippen LogP contribution in [0.25, 0.3) is 11.1 Å². The molecule has 0 saturated carbocycles. The number of halogens is 2. The average Bonchev–Trinajstić information content (AvgIpc) is 2.41. The van der Waals surface area contributed by atoms with E-state index in [0.29, 0.717) is 11.1 Å². The van der Waals surface area contributed by atoms with E-state index in [1.54, 1.807) is 26.0 Å². The highest BCUT2D eigenvalue weighted by molar-refractivity contribution is 5.72. The Balaban J connectivity index is 2.70. The third-order valence-corrected chi connectivity index (χ3v) is 3.69. The number of aliphatic hydroxyl groups is 2. The zero-order valence-electron chi connectivity index (χ0n) is 11.4. The van der Waals surface area contributed by atoms with Gasteiger partial charge < -0.3 is 10.2 Å². The molecule has 0 heterocycles. The first-order chi connectivity index (χ1) is 9.51. The van der Waals surface area contributed by atoms with Crippen molar-refractivity contribution in [3.05, 3.63) is 58.2 Å². The van der Waals surface area contributed by atoms with Crippen LogP contribution in [-0.2, 0) is 13.2 Å². The molecule has 0 radical (unpaired) electrons. The normalized spacial score (nSPS) is 10.9. The lowest BCUT2D eigenvalue weighted by Gasteiger charge is -2.15. The molecule has 2 nitrogen and oxygen atoms in total. The molecule has 2 rings (SSSR count). The molecular formula is C16H16F2O2. The summed E-state index contributed by atoms with van der Waals surface area (Å²) < 4.78 is 27.2. The average molecular weight is 278 g/mol. The third kappa shape index (κ3) is 2.32. The lowest BCUT2D eigenvalue weighted by molar-refractivity contribution is 0.274. The van der Waals surface area contributed by atoms with Crippen molar-refractivity contribution in [2.75, 3.05) is 0 Å². The van der Waals surface area contributed by atoms with Gasteiger partial charge in [0.05, 0.1) is 13.2 Å². The molecule has 0 atom stereocenters. The van der Waals surface area contributed by atoms with Crippen LogP contribution in [0.4, 0.5) is 8.78 Å². The Morgan fingerprint density at radius 1 is 0.750 bits per heavy atom. The number of aliphatic hydroxyl groups excluding tert-OH is 2. The molecule has 0 spiro atoms. The summed E-state index contributed by atoms with van der Waals surface area (Å²) in [4.78, 5) is 0. The third-order valence-electron chi connectivity index (χ3n) is 3.69. The van der Waals surface area contributed by atoms with Gasteiger partial charge in [-0.25, -0.2) is 8.78 Å². The van der Waals surface area contributed by atoms with E-state index in [0.717, 1.165) is 11.1 Å². The molecule has 2 N–H and O–H groups in total. The van der Waals surface area contributed by atoms with Crippen LogP contribution in [0.15, 0.2) is 24.3 Å². The first-order valence-corrected chi connectivity index (χ1v) is 6.29. The van der Waals surface area contributed by atoms with Crippen molar-refractivity contribution in [2.45, 2.75) is 27.1 Å². The van der Waals surface area contributed by atoms with Crippen LogP contribution in [0.5, 0.6) is 0 Å². The van der Waals surface area contributed by atoms with Gasteiger partial charge in [0.15, 0.2) is 0 Å². The maximum atomic E-state index is 13.6. The van der Waals surface area contributed by atoms with E-state index < -0.39 is 24.8 Å². The zero-order chi connectivity index (χ0) is 14.9. The summed E-state index contributed by atoms with van der Waals surface area (Å²) in [7, 11) is 0. The van der Waals surface area contributed by atoms with Crippen molar-refractivity contribution in [1.29, 1.82) is 0 Å². The zero-order valence-corrected chi connectivity index (χ0v) is 11.4. The van der Waals surface area contributed by atoms with E-state index >= 15 is 0 Å². The van der Waals surface area contributed by atoms with E-state index in [1.165, 1.54) is 12.1 Å². The molecule has 0 aliphatic carbocycles. The standard InChI is InChI=1S/C16H16F2O2/c1-9-11(3-5-15(17)13(9)7-19)12-4-6-16(18)14(8-20)10(12)2/h3-6,19-20H,7-8H2,1-2H3. The highest BCUT2D eigenvalue weighted by Gasteiger charge is 2.15. The van der Waals surface area contributed by atoms with Crippen molar-refractivity contribution in [3.63, 3.8) is 0 Å². The lowest BCUT2D eigenvalue weighted by atomic mass is 9.91. The van der Waals surface area contributed by atoms with Gasteiger partial charge in [-0.3, -0.25) is 0 Å². The van der Waals surface area contributed by atoms with E-state index in [9.17, 15) is 19.0 Å². The topological polar surface area (TPSA) is 40.5 Å². The molecule has 0 fully saturated rings. The van der Waals surface area contributed by atoms with Crippen molar-refractivity contribution < 1.29 is 19.0 Å². The molecule has 2 aromatic rings. The first-order valence-electron chi connectivity index (χ1n) is 6.29. The number of benzene rings is 2. The number of hydrogen-bond donors (Lipinski definition) is 2. The second kappa shape index (κ2) is 5.69. The fraction of sp³-hybridized carbons (Fsp3) is 0.250. The quantitative estimate of drug-likeness (QED) is 0.905. The number of rotatable bonds is 3. The van der Waals surface area contributed by atoms with Gasteiger partial charge in [0.25, 0.3) is 0 Å². The minimum absolute atomic E-state index is 0.233. The Hall–Kier alpha value is -1.78. The molecule has 0 amide bonds. The predicted octanol–water partition coefficient (Wildman–Crippen LogP) is 3.23. The summed E-state index contributed by atoms with van der Waals surface area (Å²) in [6, 6.07) is 5.78. The second-order valence-electron chi connectivity index (χ2n) is 4.71. The van der Waals surface area contributed by atoms with Crippen molar-refractivity contribution in [2.24, 2.45) is 0 Å². The molecule has 106 valence electrons. The largest absolute Gasteiger partial charge is 0.392 e. The smallest absolute Gasteiger partial charge is 0.129 e. The Morgan fingerprint density at radius 3 is 1.40 bits per heavy atom. The summed E-state index contributed by atoms with van der Waals surface area (Å²) >= 11 is 0. The fourth-order valence-electron chi connectivity index (χ4n) is 2.42. The van der Waals surface area contributed by atoms with Gasteiger partial charge in [-0.15, -0.1) is 0 Å². The van der Waals surface area contributed by atoms with E-state index in [1.807, 2.05) is 0 Å². The Labute approximate surface area is 116 Å². The van der Waals surface area contributed by atoms with Gasteiger partial charge in [-0.2, -0.15) is 0 Å². The van der Waals surface area contributed by atoms with Crippen molar-refractivity contribution >= 4 is 0 Å². The molecule has 0 unspecified atom stereocenters. The number of hydrogen-bond acceptors (Lipinski definition) is 2. The van der Waals surface area contributed by atoms with E-state index in [4.69, 9.17) is 0 Å². The minimum Gasteiger partial charge on any atom is -0.392 e. The molecule has 0 bridgehead atoms. The van der Waals surface area contributed by atoms with Crippen LogP contribution in [0, 0.1) is 25.5 Å². The van der Waals surface area contributed by atoms with Gasteiger partial charge in [0.1, 0.15) is 11.6 Å². The van der Waals surface area contributed by atoms with Gasteiger partial charge in [0.2, 0.25) is 0 Å². The van der Waals surface area contributed by atoms with Crippen LogP contribution in [-0.4, -0.2) is 10.2 Å². The van der Waals surface area contributed by atoms with Crippen LogP contribution in [0.2, 0.25) is 0 Å². The van der Waals surface area contributed by atoms with Gasteiger partial charge >= 0.3 is 0 Å². The summed E-state index contributed by atoms with van der Waals surface area (Å²) in [5, 5.41) is 18.5. The van der Waals surface area contributed by atoms with Gasteiger partial charge in [-0.1, -0.05) is 12.1 Å². The van der Waals surface area contributed by atoms with E-state index in [-0.39, 0.29) is 11.1 Å². The molecule has 0 aliphatic heterocycles. The maximum Gasteiger partial charge on any atom is 0.129 e. The Bertz CT molecular complexity index is 594. The molecule has 0 aromatic heterocycles. The van der Waals surface area contributed by atoms with Crippen LogP contribution < -0.4 is 0 Å². The molecule has 0 aliphatic rings. The predicted molar refractivity (Wildman–Crippen MR) is 73.1 cm³/mol. The summed E-state index contributed by atoms with van der Waals surface area (Å²) in [6.45, 7) is 2.65. The van der Waals surface area contributed by atoms with Crippen molar-refractivity contribution in [3.8, 4) is 11.1 Å². The van der Waals surface area contributed by atoms with E-state index in [2.05, 4.69) is 0 Å². The van der Waals surface area contributed by atoms with Gasteiger partial charge in [0, 0.05) is 11.1 Å². The summed E-state index contributed by atoms with van der Waals surface area (Å²) in [5.41, 5.74) is 3.15. The van der Waals surface area contributed by atoms with Crippen LogP contribution >= 0.6 is 0 Å². The second-order valence-corrected chi connectivity index (χ2v) is 4.71. The summed E-state index contributed by atoms with van der Waals surface area (Å²) in [5.74, 6) is -0.924. The monoisotopic (exact) mass is 278 g/mol. The SMILES string of the molecule is Cc1c(-c2ccc(F)c(CO)c2C)ccc(F)c1CO. The van der Waals surface area contributed by atoms with Crippen LogP contribution in [0.3, 0.4) is 0 Å². The molecule has 0 saturated heterocycles. The van der Waals surface area contributed by atoms with Gasteiger partial charge in [-0.05, 0) is 48.2 Å². The maximum absolute atomic E-state index is 13.6. The molecule has 2 aromatic carbocycles.